The lowest BCUT2D eigenvalue weighted by Gasteiger charge is -2.29. The Kier molecular flexibility index (Phi) is 9.42. The minimum absolute atomic E-state index is 0.00655. The Morgan fingerprint density at radius 3 is 2.55 bits per heavy atom. The molecule has 11 nitrogen and oxygen atoms in total. The average molecular weight is 527 g/mol. The molecule has 0 saturated carbocycles. The number of hydrogen-bond donors (Lipinski definition) is 2. The number of ether oxygens (including phenoxy) is 4. The fourth-order valence-electron chi connectivity index (χ4n) is 3.81. The third-order valence-corrected chi connectivity index (χ3v) is 6.06. The molecule has 1 aromatic heterocycles. The molecule has 1 aliphatic rings. The summed E-state index contributed by atoms with van der Waals surface area (Å²) in [5.74, 6) is -4.78. The maximum Gasteiger partial charge on any atom is 0.333 e. The predicted octanol–water partition coefficient (Wildman–Crippen LogP) is 2.12. The largest absolute Gasteiger partial charge is 0.503 e. The molecule has 2 N–H and O–H groups in total. The minimum Gasteiger partial charge on any atom is -0.503 e. The Hall–Kier alpha value is -4.41. The van der Waals surface area contributed by atoms with Crippen molar-refractivity contribution in [3.05, 3.63) is 65.5 Å². The van der Waals surface area contributed by atoms with Gasteiger partial charge in [0, 0.05) is 17.8 Å². The summed E-state index contributed by atoms with van der Waals surface area (Å²) in [5.41, 5.74) is 0.693. The first-order valence-electron chi connectivity index (χ1n) is 11.9. The zero-order valence-electron chi connectivity index (χ0n) is 21.5. The van der Waals surface area contributed by atoms with Crippen LogP contribution in [-0.4, -0.2) is 65.9 Å². The summed E-state index contributed by atoms with van der Waals surface area (Å²) < 4.78 is 21.6. The van der Waals surface area contributed by atoms with E-state index in [9.17, 15) is 24.3 Å². The number of amides is 1. The van der Waals surface area contributed by atoms with E-state index in [1.54, 1.807) is 32.1 Å². The van der Waals surface area contributed by atoms with Crippen molar-refractivity contribution in [3.8, 4) is 11.5 Å². The molecule has 0 bridgehead atoms. The van der Waals surface area contributed by atoms with Gasteiger partial charge in [-0.2, -0.15) is 0 Å². The molecule has 3 rings (SSSR count). The molecule has 1 aromatic carbocycles. The van der Waals surface area contributed by atoms with E-state index in [4.69, 9.17) is 18.9 Å². The van der Waals surface area contributed by atoms with Crippen LogP contribution in [0.1, 0.15) is 36.8 Å². The summed E-state index contributed by atoms with van der Waals surface area (Å²) in [7, 11) is 1.31. The topological polar surface area (TPSA) is 150 Å². The Morgan fingerprint density at radius 2 is 1.89 bits per heavy atom. The van der Waals surface area contributed by atoms with Gasteiger partial charge in [0.15, 0.2) is 29.3 Å². The Bertz CT molecular complexity index is 1210. The number of benzene rings is 1. The number of methoxy groups -OCH3 is 1. The maximum absolute atomic E-state index is 13.3. The molecule has 202 valence electrons. The number of cyclic esters (lactones) is 2. The lowest BCUT2D eigenvalue weighted by Crippen LogP contribution is -2.46. The smallest absolute Gasteiger partial charge is 0.333 e. The van der Waals surface area contributed by atoms with Crippen molar-refractivity contribution in [1.82, 2.24) is 10.3 Å². The number of nitrogens with one attached hydrogen (secondary N) is 1. The Labute approximate surface area is 219 Å². The van der Waals surface area contributed by atoms with E-state index >= 15 is 0 Å². The Morgan fingerprint density at radius 1 is 1.18 bits per heavy atom. The van der Waals surface area contributed by atoms with Crippen molar-refractivity contribution < 1.29 is 43.2 Å². The molecule has 0 radical (unpaired) electrons. The van der Waals surface area contributed by atoms with Gasteiger partial charge in [-0.1, -0.05) is 36.4 Å². The van der Waals surface area contributed by atoms with Gasteiger partial charge >= 0.3 is 17.9 Å². The van der Waals surface area contributed by atoms with Gasteiger partial charge in [0.25, 0.3) is 5.91 Å². The molecule has 1 fully saturated rings. The van der Waals surface area contributed by atoms with E-state index in [2.05, 4.69) is 10.3 Å². The number of rotatable bonds is 7. The van der Waals surface area contributed by atoms with Crippen LogP contribution in [0.4, 0.5) is 0 Å². The molecule has 1 aliphatic heterocycles. The normalized spacial score (nSPS) is 22.2. The molecular weight excluding hydrogens is 496 g/mol. The highest BCUT2D eigenvalue weighted by Crippen LogP contribution is 2.28. The molecule has 11 heteroatoms. The van der Waals surface area contributed by atoms with Crippen molar-refractivity contribution in [2.45, 2.75) is 45.4 Å². The van der Waals surface area contributed by atoms with E-state index in [-0.39, 0.29) is 12.2 Å². The second-order valence-corrected chi connectivity index (χ2v) is 8.65. The third kappa shape index (κ3) is 6.67. The standard InChI is InChI=1S/C27H30N2O9/c1-5-15(2)25(32)38-23-16(3)37-27(34)19(29-24(31)21-22(30)20(35-4)11-12-28-21)14-36-26(33)18(23)13-17-9-7-6-8-10-17/h5-12,16,18-19,23,30H,13-14H2,1-4H3,(H,29,31)/b15-5+. The molecule has 0 spiro atoms. The third-order valence-electron chi connectivity index (χ3n) is 6.06. The molecule has 0 aliphatic carbocycles. The lowest BCUT2D eigenvalue weighted by atomic mass is 9.91. The summed E-state index contributed by atoms with van der Waals surface area (Å²) in [6.45, 7) is 4.17. The van der Waals surface area contributed by atoms with Crippen LogP contribution < -0.4 is 10.1 Å². The van der Waals surface area contributed by atoms with Gasteiger partial charge in [0.05, 0.1) is 7.11 Å². The average Bonchev–Trinajstić information content (AvgIpc) is 2.95. The van der Waals surface area contributed by atoms with Crippen molar-refractivity contribution in [1.29, 1.82) is 0 Å². The number of carbonyl (C=O) groups excluding carboxylic acids is 4. The zero-order valence-corrected chi connectivity index (χ0v) is 21.5. The molecule has 4 unspecified atom stereocenters. The van der Waals surface area contributed by atoms with Crippen LogP contribution >= 0.6 is 0 Å². The van der Waals surface area contributed by atoms with Gasteiger partial charge in [0.1, 0.15) is 18.6 Å². The summed E-state index contributed by atoms with van der Waals surface area (Å²) in [6.07, 6.45) is 0.710. The summed E-state index contributed by atoms with van der Waals surface area (Å²) >= 11 is 0. The minimum atomic E-state index is -1.43. The van der Waals surface area contributed by atoms with Crippen LogP contribution in [0, 0.1) is 5.92 Å². The second kappa shape index (κ2) is 12.7. The molecule has 1 amide bonds. The van der Waals surface area contributed by atoms with Gasteiger partial charge in [-0.05, 0) is 32.8 Å². The number of pyridine rings is 1. The lowest BCUT2D eigenvalue weighted by molar-refractivity contribution is -0.172. The number of nitrogens with zero attached hydrogens (tertiary/aromatic N) is 1. The molecular formula is C27H30N2O9. The summed E-state index contributed by atoms with van der Waals surface area (Å²) in [4.78, 5) is 55.5. The van der Waals surface area contributed by atoms with Crippen LogP contribution in [-0.2, 0) is 35.0 Å². The first-order chi connectivity index (χ1) is 18.2. The maximum atomic E-state index is 13.3. The van der Waals surface area contributed by atoms with Crippen LogP contribution in [0.3, 0.4) is 0 Å². The SMILES string of the molecule is C/C=C(\C)C(=O)OC1C(C)OC(=O)C(NC(=O)c2nccc(OC)c2O)COC(=O)C1Cc1ccccc1. The van der Waals surface area contributed by atoms with Crippen LogP contribution in [0.15, 0.2) is 54.2 Å². The Balaban J connectivity index is 1.89. The molecule has 38 heavy (non-hydrogen) atoms. The number of aromatic nitrogens is 1. The molecule has 2 aromatic rings. The van der Waals surface area contributed by atoms with Gasteiger partial charge in [-0.3, -0.25) is 9.59 Å². The first-order valence-corrected chi connectivity index (χ1v) is 11.9. The molecule has 1 saturated heterocycles. The van der Waals surface area contributed by atoms with Crippen molar-refractivity contribution in [3.63, 3.8) is 0 Å². The quantitative estimate of drug-likeness (QED) is 0.312. The molecule has 2 heterocycles. The van der Waals surface area contributed by atoms with Gasteiger partial charge in [-0.15, -0.1) is 0 Å². The van der Waals surface area contributed by atoms with Crippen molar-refractivity contribution in [2.24, 2.45) is 5.92 Å². The number of esters is 3. The van der Waals surface area contributed by atoms with E-state index in [0.717, 1.165) is 5.56 Å². The van der Waals surface area contributed by atoms with Crippen LogP contribution in [0.25, 0.3) is 0 Å². The van der Waals surface area contributed by atoms with Crippen molar-refractivity contribution in [2.75, 3.05) is 13.7 Å². The molecule has 4 atom stereocenters. The second-order valence-electron chi connectivity index (χ2n) is 8.65. The summed E-state index contributed by atoms with van der Waals surface area (Å²) in [6, 6.07) is 8.98. The highest BCUT2D eigenvalue weighted by Gasteiger charge is 2.42. The van der Waals surface area contributed by atoms with E-state index < -0.39 is 66.0 Å². The first kappa shape index (κ1) is 28.2. The number of aromatic hydroxyl groups is 1. The van der Waals surface area contributed by atoms with Gasteiger partial charge in [-0.25, -0.2) is 14.6 Å². The monoisotopic (exact) mass is 526 g/mol. The summed E-state index contributed by atoms with van der Waals surface area (Å²) in [5, 5.41) is 12.6. The number of allylic oxidation sites excluding steroid dienone is 1. The van der Waals surface area contributed by atoms with E-state index in [0.29, 0.717) is 5.57 Å². The highest BCUT2D eigenvalue weighted by atomic mass is 16.6. The van der Waals surface area contributed by atoms with E-state index in [1.807, 2.05) is 18.2 Å². The van der Waals surface area contributed by atoms with Crippen LogP contribution in [0.5, 0.6) is 11.5 Å². The van der Waals surface area contributed by atoms with Crippen LogP contribution in [0.2, 0.25) is 0 Å². The van der Waals surface area contributed by atoms with Crippen molar-refractivity contribution >= 4 is 23.8 Å². The van der Waals surface area contributed by atoms with E-state index in [1.165, 1.54) is 26.3 Å². The highest BCUT2D eigenvalue weighted by molar-refractivity contribution is 5.98. The fraction of sp³-hybridized carbons (Fsp3) is 0.370. The number of carbonyl (C=O) groups is 4. The number of hydrogen-bond acceptors (Lipinski definition) is 10. The zero-order chi connectivity index (χ0) is 27.8. The van der Waals surface area contributed by atoms with Gasteiger partial charge in [0.2, 0.25) is 0 Å². The van der Waals surface area contributed by atoms with Gasteiger partial charge < -0.3 is 29.4 Å². The predicted molar refractivity (Wildman–Crippen MR) is 133 cm³/mol. The fourth-order valence-corrected chi connectivity index (χ4v) is 3.81.